The highest BCUT2D eigenvalue weighted by Crippen LogP contribution is 2.25. The van der Waals surface area contributed by atoms with Gasteiger partial charge in [-0.25, -0.2) is 0 Å². The topological polar surface area (TPSA) is 64.3 Å². The Bertz CT molecular complexity index is 479. The maximum atomic E-state index is 12.0. The van der Waals surface area contributed by atoms with Crippen molar-refractivity contribution in [3.63, 3.8) is 0 Å². The molecule has 4 nitrogen and oxygen atoms in total. The molecule has 22 heavy (non-hydrogen) atoms. The van der Waals surface area contributed by atoms with Crippen molar-refractivity contribution in [3.8, 4) is 5.75 Å². The first kappa shape index (κ1) is 19.4. The van der Waals surface area contributed by atoms with Crippen LogP contribution in [0.1, 0.15) is 25.7 Å². The summed E-state index contributed by atoms with van der Waals surface area (Å²) in [5.41, 5.74) is 5.76. The molecular weight excluding hydrogens is 347 g/mol. The molecule has 124 valence electrons. The van der Waals surface area contributed by atoms with Gasteiger partial charge in [-0.3, -0.25) is 4.79 Å². The highest BCUT2D eigenvalue weighted by molar-refractivity contribution is 6.34. The van der Waals surface area contributed by atoms with E-state index in [1.165, 1.54) is 6.42 Å². The van der Waals surface area contributed by atoms with Crippen molar-refractivity contribution in [3.05, 3.63) is 28.2 Å². The van der Waals surface area contributed by atoms with E-state index in [9.17, 15) is 4.79 Å². The van der Waals surface area contributed by atoms with Gasteiger partial charge >= 0.3 is 0 Å². The molecule has 2 atom stereocenters. The molecule has 7 heteroatoms. The number of benzene rings is 1. The van der Waals surface area contributed by atoms with Crippen LogP contribution in [0.4, 0.5) is 0 Å². The fourth-order valence-electron chi connectivity index (χ4n) is 2.69. The van der Waals surface area contributed by atoms with Crippen LogP contribution in [0.5, 0.6) is 5.75 Å². The van der Waals surface area contributed by atoms with Crippen LogP contribution in [-0.2, 0) is 4.79 Å². The zero-order valence-corrected chi connectivity index (χ0v) is 14.5. The van der Waals surface area contributed by atoms with E-state index in [1.807, 2.05) is 0 Å². The minimum atomic E-state index is -0.142. The number of amides is 1. The maximum Gasteiger partial charge on any atom is 0.258 e. The molecule has 0 aromatic heterocycles. The first-order valence-corrected chi connectivity index (χ1v) is 7.92. The van der Waals surface area contributed by atoms with E-state index in [0.717, 1.165) is 19.3 Å². The molecule has 0 heterocycles. The number of rotatable bonds is 5. The van der Waals surface area contributed by atoms with Crippen LogP contribution in [0, 0.1) is 5.92 Å². The van der Waals surface area contributed by atoms with Crippen LogP contribution in [0.25, 0.3) is 0 Å². The molecule has 1 aromatic carbocycles. The largest absolute Gasteiger partial charge is 0.484 e. The van der Waals surface area contributed by atoms with E-state index < -0.39 is 0 Å². The van der Waals surface area contributed by atoms with Crippen molar-refractivity contribution in [1.82, 2.24) is 5.32 Å². The summed E-state index contributed by atoms with van der Waals surface area (Å²) in [7, 11) is 0. The van der Waals surface area contributed by atoms with E-state index in [1.54, 1.807) is 18.2 Å². The minimum Gasteiger partial charge on any atom is -0.484 e. The molecule has 2 rings (SSSR count). The lowest BCUT2D eigenvalue weighted by atomic mass is 9.84. The van der Waals surface area contributed by atoms with E-state index >= 15 is 0 Å². The summed E-state index contributed by atoms with van der Waals surface area (Å²) >= 11 is 11.8. The molecule has 1 aliphatic carbocycles. The first-order chi connectivity index (χ1) is 10.1. The van der Waals surface area contributed by atoms with Gasteiger partial charge in [-0.15, -0.1) is 12.4 Å². The van der Waals surface area contributed by atoms with Gasteiger partial charge in [0.2, 0.25) is 0 Å². The molecule has 1 fully saturated rings. The second-order valence-corrected chi connectivity index (χ2v) is 6.22. The maximum absolute atomic E-state index is 12.0. The summed E-state index contributed by atoms with van der Waals surface area (Å²) in [4.78, 5) is 12.0. The van der Waals surface area contributed by atoms with Gasteiger partial charge in [0.05, 0.1) is 0 Å². The van der Waals surface area contributed by atoms with Crippen LogP contribution in [0.3, 0.4) is 0 Å². The molecule has 0 spiro atoms. The van der Waals surface area contributed by atoms with Crippen LogP contribution in [0.2, 0.25) is 10.0 Å². The van der Waals surface area contributed by atoms with Gasteiger partial charge in [-0.1, -0.05) is 36.0 Å². The van der Waals surface area contributed by atoms with Gasteiger partial charge in [0.25, 0.3) is 5.91 Å². The van der Waals surface area contributed by atoms with Gasteiger partial charge in [0, 0.05) is 16.1 Å². The predicted molar refractivity (Wildman–Crippen MR) is 92.1 cm³/mol. The summed E-state index contributed by atoms with van der Waals surface area (Å²) in [6.07, 6.45) is 4.38. The molecule has 1 aromatic rings. The molecule has 0 aliphatic heterocycles. The number of ether oxygens (including phenoxy) is 1. The highest BCUT2D eigenvalue weighted by Gasteiger charge is 2.25. The Labute approximate surface area is 147 Å². The number of halogens is 3. The highest BCUT2D eigenvalue weighted by atomic mass is 35.5. The smallest absolute Gasteiger partial charge is 0.258 e. The van der Waals surface area contributed by atoms with Crippen molar-refractivity contribution in [2.24, 2.45) is 11.7 Å². The first-order valence-electron chi connectivity index (χ1n) is 7.17. The molecule has 0 radical (unpaired) electrons. The van der Waals surface area contributed by atoms with Crippen molar-refractivity contribution in [1.29, 1.82) is 0 Å². The SMILES string of the molecule is Cl.NCC1CCCCC1NC(=O)COc1cc(Cl)cc(Cl)c1. The number of nitrogens with one attached hydrogen (secondary N) is 1. The Kier molecular flexibility index (Phi) is 8.33. The average Bonchev–Trinajstić information content (AvgIpc) is 2.45. The lowest BCUT2D eigenvalue weighted by Crippen LogP contribution is -2.46. The molecule has 0 saturated heterocycles. The van der Waals surface area contributed by atoms with Gasteiger partial charge in [0.1, 0.15) is 5.75 Å². The lowest BCUT2D eigenvalue weighted by Gasteiger charge is -2.31. The summed E-state index contributed by atoms with van der Waals surface area (Å²) in [5.74, 6) is 0.710. The normalized spacial score (nSPS) is 20.9. The average molecular weight is 368 g/mol. The zero-order chi connectivity index (χ0) is 15.2. The van der Waals surface area contributed by atoms with Gasteiger partial charge in [-0.05, 0) is 43.5 Å². The Morgan fingerprint density at radius 2 is 1.86 bits per heavy atom. The molecule has 3 N–H and O–H groups in total. The predicted octanol–water partition coefficient (Wildman–Crippen LogP) is 3.43. The molecular formula is C15H21Cl3N2O2. The number of hydrogen-bond donors (Lipinski definition) is 2. The van der Waals surface area contributed by atoms with Crippen molar-refractivity contribution in [2.75, 3.05) is 13.2 Å². The van der Waals surface area contributed by atoms with E-state index in [-0.39, 0.29) is 31.0 Å². The standard InChI is InChI=1S/C15H20Cl2N2O2.ClH/c16-11-5-12(17)7-13(6-11)21-9-15(20)19-14-4-2-1-3-10(14)8-18;/h5-7,10,14H,1-4,8-9,18H2,(H,19,20);1H. The van der Waals surface area contributed by atoms with Gasteiger partial charge < -0.3 is 15.8 Å². The molecule has 1 amide bonds. The third-order valence-corrected chi connectivity index (χ3v) is 4.20. The second-order valence-electron chi connectivity index (χ2n) is 5.35. The summed E-state index contributed by atoms with van der Waals surface area (Å²) in [5, 5.41) is 3.97. The van der Waals surface area contributed by atoms with Crippen LogP contribution in [-0.4, -0.2) is 25.1 Å². The Balaban J connectivity index is 0.00000242. The molecule has 1 aliphatic rings. The van der Waals surface area contributed by atoms with E-state index in [0.29, 0.717) is 28.3 Å². The van der Waals surface area contributed by atoms with Crippen molar-refractivity contribution >= 4 is 41.5 Å². The summed E-state index contributed by atoms with van der Waals surface area (Å²) in [6.45, 7) is 0.556. The minimum absolute atomic E-state index is 0. The lowest BCUT2D eigenvalue weighted by molar-refractivity contribution is -0.124. The van der Waals surface area contributed by atoms with Crippen LogP contribution in [0.15, 0.2) is 18.2 Å². The Morgan fingerprint density at radius 3 is 2.50 bits per heavy atom. The number of carbonyl (C=O) groups is 1. The third kappa shape index (κ3) is 5.84. The zero-order valence-electron chi connectivity index (χ0n) is 12.2. The number of carbonyl (C=O) groups excluding carboxylic acids is 1. The molecule has 1 saturated carbocycles. The Morgan fingerprint density at radius 1 is 1.23 bits per heavy atom. The van der Waals surface area contributed by atoms with E-state index in [4.69, 9.17) is 33.7 Å². The number of nitrogens with two attached hydrogens (primary N) is 1. The third-order valence-electron chi connectivity index (χ3n) is 3.76. The molecule has 0 bridgehead atoms. The summed E-state index contributed by atoms with van der Waals surface area (Å²) < 4.78 is 5.43. The summed E-state index contributed by atoms with van der Waals surface area (Å²) in [6, 6.07) is 5.03. The van der Waals surface area contributed by atoms with Crippen molar-refractivity contribution in [2.45, 2.75) is 31.7 Å². The van der Waals surface area contributed by atoms with Crippen LogP contribution < -0.4 is 15.8 Å². The van der Waals surface area contributed by atoms with Gasteiger partial charge in [0.15, 0.2) is 6.61 Å². The number of hydrogen-bond acceptors (Lipinski definition) is 3. The quantitative estimate of drug-likeness (QED) is 0.838. The fraction of sp³-hybridized carbons (Fsp3) is 0.533. The molecule has 2 unspecified atom stereocenters. The Hall–Kier alpha value is -0.680. The van der Waals surface area contributed by atoms with E-state index in [2.05, 4.69) is 5.32 Å². The monoisotopic (exact) mass is 366 g/mol. The fourth-order valence-corrected chi connectivity index (χ4v) is 3.20. The second kappa shape index (κ2) is 9.46. The van der Waals surface area contributed by atoms with Crippen LogP contribution >= 0.6 is 35.6 Å². The van der Waals surface area contributed by atoms with Gasteiger partial charge in [-0.2, -0.15) is 0 Å². The van der Waals surface area contributed by atoms with Crippen molar-refractivity contribution < 1.29 is 9.53 Å².